The Morgan fingerprint density at radius 3 is 2.68 bits per heavy atom. The first-order chi connectivity index (χ1) is 9.11. The van der Waals surface area contributed by atoms with Crippen molar-refractivity contribution in [3.8, 4) is 0 Å². The number of carbonyl (C=O) groups excluding carboxylic acids is 2. The van der Waals surface area contributed by atoms with Crippen LogP contribution in [0.5, 0.6) is 0 Å². The van der Waals surface area contributed by atoms with E-state index in [-0.39, 0.29) is 16.6 Å². The lowest BCUT2D eigenvalue weighted by Gasteiger charge is -2.27. The second kappa shape index (κ2) is 7.63. The van der Waals surface area contributed by atoms with Crippen molar-refractivity contribution in [3.05, 3.63) is 36.5 Å². The van der Waals surface area contributed by atoms with Crippen molar-refractivity contribution in [3.63, 3.8) is 0 Å². The average Bonchev–Trinajstić information content (AvgIpc) is 2.37. The van der Waals surface area contributed by atoms with Crippen molar-refractivity contribution in [2.75, 3.05) is 6.54 Å². The highest BCUT2D eigenvalue weighted by molar-refractivity contribution is 7.80. The summed E-state index contributed by atoms with van der Waals surface area (Å²) in [5, 5.41) is 2.65. The Morgan fingerprint density at radius 2 is 2.05 bits per heavy atom. The number of thiocarbonyl (C=S) groups is 1. The third kappa shape index (κ3) is 4.13. The summed E-state index contributed by atoms with van der Waals surface area (Å²) in [4.78, 5) is 25.2. The van der Waals surface area contributed by atoms with Crippen LogP contribution in [0.4, 0.5) is 0 Å². The molecule has 1 fully saturated rings. The van der Waals surface area contributed by atoms with Crippen molar-refractivity contribution in [1.82, 2.24) is 10.2 Å². The van der Waals surface area contributed by atoms with Crippen LogP contribution >= 0.6 is 12.2 Å². The second-order valence-corrected chi connectivity index (χ2v) is 4.43. The van der Waals surface area contributed by atoms with Crippen LogP contribution in [0.3, 0.4) is 0 Å². The summed E-state index contributed by atoms with van der Waals surface area (Å²) in [5.74, 6) is -0.775. The maximum Gasteiger partial charge on any atom is 0.265 e. The summed E-state index contributed by atoms with van der Waals surface area (Å²) in [6.45, 7) is 5.92. The van der Waals surface area contributed by atoms with Gasteiger partial charge in [0.25, 0.3) is 11.8 Å². The molecule has 1 aliphatic heterocycles. The molecule has 0 saturated carbocycles. The number of rotatable bonds is 6. The van der Waals surface area contributed by atoms with E-state index in [9.17, 15) is 9.59 Å². The number of nitrogens with zero attached hydrogens (tertiary/aromatic N) is 1. The van der Waals surface area contributed by atoms with Crippen LogP contribution in [0.25, 0.3) is 0 Å². The van der Waals surface area contributed by atoms with E-state index in [1.807, 2.05) is 6.08 Å². The van der Waals surface area contributed by atoms with Gasteiger partial charge in [0, 0.05) is 6.54 Å². The molecule has 1 heterocycles. The molecule has 4 nitrogen and oxygen atoms in total. The Hall–Kier alpha value is -1.75. The third-order valence-electron chi connectivity index (χ3n) is 2.58. The maximum absolute atomic E-state index is 12.1. The summed E-state index contributed by atoms with van der Waals surface area (Å²) in [6.07, 6.45) is 9.77. The topological polar surface area (TPSA) is 49.4 Å². The summed E-state index contributed by atoms with van der Waals surface area (Å²) >= 11 is 4.96. The van der Waals surface area contributed by atoms with Crippen LogP contribution < -0.4 is 5.32 Å². The van der Waals surface area contributed by atoms with E-state index < -0.39 is 5.91 Å². The molecule has 5 heteroatoms. The fourth-order valence-electron chi connectivity index (χ4n) is 1.65. The Balaban J connectivity index is 2.75. The van der Waals surface area contributed by atoms with E-state index in [4.69, 9.17) is 12.2 Å². The van der Waals surface area contributed by atoms with Gasteiger partial charge in [0.2, 0.25) is 0 Å². The van der Waals surface area contributed by atoms with Gasteiger partial charge in [-0.25, -0.2) is 0 Å². The Morgan fingerprint density at radius 1 is 1.32 bits per heavy atom. The molecule has 0 atom stereocenters. The first-order valence-corrected chi connectivity index (χ1v) is 6.65. The van der Waals surface area contributed by atoms with E-state index in [2.05, 4.69) is 24.9 Å². The molecule has 1 rings (SSSR count). The highest BCUT2D eigenvalue weighted by atomic mass is 32.1. The molecular weight excluding hydrogens is 260 g/mol. The fraction of sp³-hybridized carbons (Fsp3) is 0.357. The Kier molecular flexibility index (Phi) is 6.15. The van der Waals surface area contributed by atoms with Crippen LogP contribution in [0.1, 0.15) is 26.2 Å². The molecule has 0 spiro atoms. The molecule has 102 valence electrons. The number of allylic oxidation sites excluding steroid dienone is 3. The van der Waals surface area contributed by atoms with Gasteiger partial charge < -0.3 is 0 Å². The molecule has 0 aromatic rings. The first-order valence-electron chi connectivity index (χ1n) is 6.25. The number of hydrogen-bond donors (Lipinski definition) is 1. The zero-order valence-corrected chi connectivity index (χ0v) is 11.8. The normalized spacial score (nSPS) is 18.3. The van der Waals surface area contributed by atoms with Gasteiger partial charge in [-0.15, -0.1) is 6.58 Å². The molecule has 1 N–H and O–H groups in total. The molecule has 0 bridgehead atoms. The molecule has 1 aliphatic rings. The molecule has 0 aromatic heterocycles. The van der Waals surface area contributed by atoms with Crippen molar-refractivity contribution in [1.29, 1.82) is 0 Å². The number of unbranched alkanes of at least 4 members (excludes halogenated alkanes) is 1. The monoisotopic (exact) mass is 278 g/mol. The van der Waals surface area contributed by atoms with Crippen LogP contribution in [-0.2, 0) is 9.59 Å². The highest BCUT2D eigenvalue weighted by Gasteiger charge is 2.32. The van der Waals surface area contributed by atoms with Crippen LogP contribution in [-0.4, -0.2) is 28.4 Å². The molecule has 0 unspecified atom stereocenters. The standard InChI is InChI=1S/C14H18N2O2S/c1-3-5-6-7-8-9-11-12(17)15-14(19)16(10-4-2)13(11)18/h4-6,9H,2-3,7-8,10H2,1H3,(H,15,17,19)/b6-5+,11-9+. The van der Waals surface area contributed by atoms with Crippen molar-refractivity contribution < 1.29 is 9.59 Å². The van der Waals surface area contributed by atoms with E-state index in [0.717, 1.165) is 12.8 Å². The lowest BCUT2D eigenvalue weighted by Crippen LogP contribution is -2.53. The van der Waals surface area contributed by atoms with E-state index in [1.54, 1.807) is 12.2 Å². The molecule has 1 saturated heterocycles. The minimum absolute atomic E-state index is 0.137. The Labute approximate surface area is 118 Å². The predicted octanol–water partition coefficient (Wildman–Crippen LogP) is 2.09. The second-order valence-electron chi connectivity index (χ2n) is 4.04. The number of hydrogen-bond acceptors (Lipinski definition) is 3. The molecule has 0 radical (unpaired) electrons. The summed E-state index contributed by atoms with van der Waals surface area (Å²) < 4.78 is 0. The van der Waals surface area contributed by atoms with Gasteiger partial charge in [0.05, 0.1) is 0 Å². The lowest BCUT2D eigenvalue weighted by atomic mass is 10.1. The molecule has 0 aliphatic carbocycles. The predicted molar refractivity (Wildman–Crippen MR) is 79.4 cm³/mol. The quantitative estimate of drug-likeness (QED) is 0.266. The van der Waals surface area contributed by atoms with Gasteiger partial charge in [-0.3, -0.25) is 19.8 Å². The highest BCUT2D eigenvalue weighted by Crippen LogP contribution is 2.11. The van der Waals surface area contributed by atoms with Crippen LogP contribution in [0, 0.1) is 0 Å². The molecule has 0 aromatic carbocycles. The summed E-state index contributed by atoms with van der Waals surface area (Å²) in [5.41, 5.74) is 0.153. The van der Waals surface area contributed by atoms with Crippen LogP contribution in [0.15, 0.2) is 36.5 Å². The zero-order valence-electron chi connectivity index (χ0n) is 11.0. The van der Waals surface area contributed by atoms with Crippen molar-refractivity contribution >= 4 is 29.1 Å². The van der Waals surface area contributed by atoms with E-state index in [1.165, 1.54) is 4.90 Å². The SMILES string of the molecule is C=CCN1C(=O)/C(=C/CC/C=C/CC)C(=O)NC1=S. The third-order valence-corrected chi connectivity index (χ3v) is 2.90. The van der Waals surface area contributed by atoms with Gasteiger partial charge >= 0.3 is 0 Å². The van der Waals surface area contributed by atoms with E-state index in [0.29, 0.717) is 13.0 Å². The summed E-state index contributed by atoms with van der Waals surface area (Å²) in [7, 11) is 0. The molecular formula is C14H18N2O2S. The number of nitrogens with one attached hydrogen (secondary N) is 1. The van der Waals surface area contributed by atoms with E-state index >= 15 is 0 Å². The van der Waals surface area contributed by atoms with Crippen molar-refractivity contribution in [2.24, 2.45) is 0 Å². The van der Waals surface area contributed by atoms with Gasteiger partial charge in [0.1, 0.15) is 5.57 Å². The lowest BCUT2D eigenvalue weighted by molar-refractivity contribution is -0.128. The number of amides is 2. The molecule has 19 heavy (non-hydrogen) atoms. The van der Waals surface area contributed by atoms with Gasteiger partial charge in [-0.2, -0.15) is 0 Å². The minimum atomic E-state index is -0.421. The smallest absolute Gasteiger partial charge is 0.265 e. The van der Waals surface area contributed by atoms with Crippen molar-refractivity contribution in [2.45, 2.75) is 26.2 Å². The molecule has 2 amide bonds. The average molecular weight is 278 g/mol. The van der Waals surface area contributed by atoms with Gasteiger partial charge in [0.15, 0.2) is 5.11 Å². The maximum atomic E-state index is 12.1. The fourth-order valence-corrected chi connectivity index (χ4v) is 1.90. The zero-order chi connectivity index (χ0) is 14.3. The minimum Gasteiger partial charge on any atom is -0.298 e. The van der Waals surface area contributed by atoms with Gasteiger partial charge in [-0.05, 0) is 31.5 Å². The number of carbonyl (C=O) groups is 2. The first kappa shape index (κ1) is 15.3. The summed E-state index contributed by atoms with van der Waals surface area (Å²) in [6, 6.07) is 0. The Bertz CT molecular complexity index is 452. The largest absolute Gasteiger partial charge is 0.298 e. The van der Waals surface area contributed by atoms with Crippen LogP contribution in [0.2, 0.25) is 0 Å². The van der Waals surface area contributed by atoms with Gasteiger partial charge in [-0.1, -0.05) is 31.2 Å².